The highest BCUT2D eigenvalue weighted by Gasteiger charge is 2.43. The summed E-state index contributed by atoms with van der Waals surface area (Å²) in [5.41, 5.74) is 0.876. The van der Waals surface area contributed by atoms with E-state index in [9.17, 15) is 18.0 Å². The van der Waals surface area contributed by atoms with Crippen molar-refractivity contribution < 1.29 is 22.4 Å². The number of rotatable bonds is 0. The Kier molecular flexibility index (Phi) is 2.21. The van der Waals surface area contributed by atoms with Crippen molar-refractivity contribution in [1.29, 1.82) is 0 Å². The smallest absolute Gasteiger partial charge is 0.467 e. The molecule has 0 saturated heterocycles. The minimum absolute atomic E-state index is 0.0882. The molecule has 0 bridgehead atoms. The molecule has 1 amide bonds. The normalized spacial score (nSPS) is 16.3. The molecule has 1 aromatic heterocycles. The third kappa shape index (κ3) is 1.84. The average Bonchev–Trinajstić information content (AvgIpc) is 2.61. The Morgan fingerprint density at radius 2 is 2.20 bits per heavy atom. The minimum Gasteiger partial charge on any atom is -0.467 e. The number of hydrogen-bond acceptors (Lipinski definition) is 2. The van der Waals surface area contributed by atoms with Gasteiger partial charge in [-0.2, -0.15) is 13.2 Å². The van der Waals surface area contributed by atoms with Gasteiger partial charge in [0.05, 0.1) is 12.8 Å². The second-order valence-corrected chi connectivity index (χ2v) is 3.34. The molecule has 1 aliphatic heterocycles. The molecule has 0 saturated carbocycles. The van der Waals surface area contributed by atoms with E-state index in [-0.39, 0.29) is 13.1 Å². The Labute approximate surface area is 83.5 Å². The summed E-state index contributed by atoms with van der Waals surface area (Å²) in [5.74, 6) is -1.36. The molecule has 0 radical (unpaired) electrons. The number of alkyl halides is 3. The number of carbonyl (C=O) groups is 1. The van der Waals surface area contributed by atoms with E-state index in [1.165, 1.54) is 6.26 Å². The summed E-state index contributed by atoms with van der Waals surface area (Å²) in [7, 11) is 0. The van der Waals surface area contributed by atoms with Crippen LogP contribution in [0.25, 0.3) is 0 Å². The van der Waals surface area contributed by atoms with Gasteiger partial charge in [-0.05, 0) is 18.1 Å². The zero-order chi connectivity index (χ0) is 11.1. The first-order valence-corrected chi connectivity index (χ1v) is 4.40. The van der Waals surface area contributed by atoms with E-state index in [0.717, 1.165) is 10.5 Å². The van der Waals surface area contributed by atoms with Crippen molar-refractivity contribution in [3.8, 4) is 0 Å². The lowest BCUT2D eigenvalue weighted by atomic mass is 10.1. The monoisotopic (exact) mass is 219 g/mol. The van der Waals surface area contributed by atoms with Gasteiger partial charge >= 0.3 is 12.1 Å². The van der Waals surface area contributed by atoms with E-state index in [2.05, 4.69) is 0 Å². The number of carbonyl (C=O) groups excluding carboxylic acids is 1. The first kappa shape index (κ1) is 10.1. The maximum absolute atomic E-state index is 12.1. The summed E-state index contributed by atoms with van der Waals surface area (Å²) in [4.78, 5) is 11.7. The summed E-state index contributed by atoms with van der Waals surface area (Å²) in [6, 6.07) is 1.71. The molecule has 1 aromatic rings. The Morgan fingerprint density at radius 3 is 2.87 bits per heavy atom. The lowest BCUT2D eigenvalue weighted by Crippen LogP contribution is -2.43. The molecule has 0 atom stereocenters. The van der Waals surface area contributed by atoms with E-state index in [1.807, 2.05) is 0 Å². The predicted molar refractivity (Wildman–Crippen MR) is 43.9 cm³/mol. The van der Waals surface area contributed by atoms with Crippen LogP contribution in [0.1, 0.15) is 11.3 Å². The van der Waals surface area contributed by atoms with Crippen LogP contribution < -0.4 is 0 Å². The topological polar surface area (TPSA) is 33.5 Å². The Bertz CT molecular complexity index is 383. The molecule has 0 aromatic carbocycles. The second-order valence-electron chi connectivity index (χ2n) is 3.34. The van der Waals surface area contributed by atoms with Gasteiger partial charge in [-0.3, -0.25) is 4.79 Å². The molecule has 0 fully saturated rings. The molecule has 2 heterocycles. The zero-order valence-electron chi connectivity index (χ0n) is 7.67. The van der Waals surface area contributed by atoms with Gasteiger partial charge in [0.15, 0.2) is 0 Å². The van der Waals surface area contributed by atoms with Gasteiger partial charge in [-0.1, -0.05) is 0 Å². The number of fused-ring (bicyclic) bond motifs is 1. The first-order valence-electron chi connectivity index (χ1n) is 4.40. The van der Waals surface area contributed by atoms with Gasteiger partial charge < -0.3 is 9.32 Å². The summed E-state index contributed by atoms with van der Waals surface area (Å²) in [6.45, 7) is -0.00838. The lowest BCUT2D eigenvalue weighted by Gasteiger charge is -2.26. The van der Waals surface area contributed by atoms with Crippen LogP contribution in [0.5, 0.6) is 0 Å². The molecule has 2 rings (SSSR count). The van der Waals surface area contributed by atoms with Crippen molar-refractivity contribution in [2.75, 3.05) is 6.54 Å². The van der Waals surface area contributed by atoms with Crippen LogP contribution in [0.2, 0.25) is 0 Å². The predicted octanol–water partition coefficient (Wildman–Crippen LogP) is 1.73. The molecule has 15 heavy (non-hydrogen) atoms. The largest absolute Gasteiger partial charge is 0.471 e. The minimum atomic E-state index is -4.80. The van der Waals surface area contributed by atoms with Crippen LogP contribution in [0.15, 0.2) is 16.7 Å². The fourth-order valence-electron chi connectivity index (χ4n) is 1.59. The number of nitrogens with zero attached hydrogens (tertiary/aromatic N) is 1. The van der Waals surface area contributed by atoms with Crippen LogP contribution in [0.3, 0.4) is 0 Å². The lowest BCUT2D eigenvalue weighted by molar-refractivity contribution is -0.186. The number of furan rings is 1. The highest BCUT2D eigenvalue weighted by molar-refractivity contribution is 5.82. The van der Waals surface area contributed by atoms with E-state index < -0.39 is 12.1 Å². The Hall–Kier alpha value is -1.46. The molecular weight excluding hydrogens is 211 g/mol. The highest BCUT2D eigenvalue weighted by atomic mass is 19.4. The number of hydrogen-bond donors (Lipinski definition) is 0. The van der Waals surface area contributed by atoms with Gasteiger partial charge in [0.1, 0.15) is 5.76 Å². The molecule has 1 aliphatic rings. The van der Waals surface area contributed by atoms with E-state index in [0.29, 0.717) is 12.2 Å². The van der Waals surface area contributed by atoms with E-state index in [1.54, 1.807) is 6.07 Å². The fraction of sp³-hybridized carbons (Fsp3) is 0.444. The van der Waals surface area contributed by atoms with Gasteiger partial charge in [-0.15, -0.1) is 0 Å². The van der Waals surface area contributed by atoms with Gasteiger partial charge in [0, 0.05) is 6.54 Å². The van der Waals surface area contributed by atoms with E-state index in [4.69, 9.17) is 4.42 Å². The van der Waals surface area contributed by atoms with Crippen LogP contribution in [0.4, 0.5) is 13.2 Å². The highest BCUT2D eigenvalue weighted by Crippen LogP contribution is 2.25. The summed E-state index contributed by atoms with van der Waals surface area (Å²) in [6.07, 6.45) is -2.97. The van der Waals surface area contributed by atoms with Crippen molar-refractivity contribution in [1.82, 2.24) is 4.90 Å². The molecule has 82 valence electrons. The van der Waals surface area contributed by atoms with Gasteiger partial charge in [0.25, 0.3) is 0 Å². The average molecular weight is 219 g/mol. The summed E-state index contributed by atoms with van der Waals surface area (Å²) >= 11 is 0. The molecule has 3 nitrogen and oxygen atoms in total. The third-order valence-electron chi connectivity index (χ3n) is 2.35. The zero-order valence-corrected chi connectivity index (χ0v) is 7.67. The molecule has 6 heteroatoms. The maximum Gasteiger partial charge on any atom is 0.471 e. The molecule has 0 aliphatic carbocycles. The van der Waals surface area contributed by atoms with Crippen molar-refractivity contribution in [3.63, 3.8) is 0 Å². The third-order valence-corrected chi connectivity index (χ3v) is 2.35. The SMILES string of the molecule is O=C(N1CCc2ccoc2C1)C(F)(F)F. The molecule has 0 unspecified atom stereocenters. The van der Waals surface area contributed by atoms with Crippen molar-refractivity contribution >= 4 is 5.91 Å². The molecule has 0 N–H and O–H groups in total. The number of amides is 1. The Balaban J connectivity index is 2.14. The van der Waals surface area contributed by atoms with Crippen LogP contribution in [-0.2, 0) is 17.8 Å². The standard InChI is InChI=1S/C9H8F3NO2/c10-9(11,12)8(14)13-3-1-6-2-4-15-7(6)5-13/h2,4H,1,3,5H2. The first-order chi connectivity index (χ1) is 6.98. The molecular formula is C9H8F3NO2. The number of halogens is 3. The fourth-order valence-corrected chi connectivity index (χ4v) is 1.59. The van der Waals surface area contributed by atoms with Gasteiger partial charge in [-0.25, -0.2) is 0 Å². The van der Waals surface area contributed by atoms with Crippen molar-refractivity contribution in [2.24, 2.45) is 0 Å². The van der Waals surface area contributed by atoms with Crippen LogP contribution in [0, 0.1) is 0 Å². The second kappa shape index (κ2) is 3.29. The van der Waals surface area contributed by atoms with E-state index >= 15 is 0 Å². The van der Waals surface area contributed by atoms with Crippen molar-refractivity contribution in [3.05, 3.63) is 23.7 Å². The summed E-state index contributed by atoms with van der Waals surface area (Å²) in [5, 5.41) is 0. The van der Waals surface area contributed by atoms with Gasteiger partial charge in [0.2, 0.25) is 0 Å². The van der Waals surface area contributed by atoms with Crippen LogP contribution in [-0.4, -0.2) is 23.5 Å². The van der Waals surface area contributed by atoms with Crippen LogP contribution >= 0.6 is 0 Å². The molecule has 0 spiro atoms. The maximum atomic E-state index is 12.1. The Morgan fingerprint density at radius 1 is 1.47 bits per heavy atom. The summed E-state index contributed by atoms with van der Waals surface area (Å²) < 4.78 is 41.3. The van der Waals surface area contributed by atoms with Crippen molar-refractivity contribution in [2.45, 2.75) is 19.1 Å². The quantitative estimate of drug-likeness (QED) is 0.665.